The van der Waals surface area contributed by atoms with Gasteiger partial charge in [-0.05, 0) is 35.9 Å². The van der Waals surface area contributed by atoms with E-state index in [0.29, 0.717) is 13.0 Å². The molecule has 0 N–H and O–H groups in total. The van der Waals surface area contributed by atoms with E-state index >= 15 is 0 Å². The average molecular weight is 275 g/mol. The first-order valence-corrected chi connectivity index (χ1v) is 6.38. The van der Waals surface area contributed by atoms with Gasteiger partial charge >= 0.3 is 5.51 Å². The van der Waals surface area contributed by atoms with Crippen LogP contribution in [0.1, 0.15) is 18.4 Å². The summed E-state index contributed by atoms with van der Waals surface area (Å²) in [6.45, 7) is 1.22. The fourth-order valence-electron chi connectivity index (χ4n) is 1.89. The Balaban J connectivity index is 1.97. The molecule has 0 radical (unpaired) electrons. The van der Waals surface area contributed by atoms with Crippen LogP contribution in [0.4, 0.5) is 13.2 Å². The van der Waals surface area contributed by atoms with Gasteiger partial charge in [0.15, 0.2) is 0 Å². The van der Waals surface area contributed by atoms with Gasteiger partial charge in [0.1, 0.15) is 0 Å². The van der Waals surface area contributed by atoms with Gasteiger partial charge in [0.05, 0.1) is 0 Å². The first-order chi connectivity index (χ1) is 8.44. The van der Waals surface area contributed by atoms with E-state index in [1.807, 2.05) is 0 Å². The van der Waals surface area contributed by atoms with E-state index in [-0.39, 0.29) is 22.6 Å². The van der Waals surface area contributed by atoms with Crippen LogP contribution in [-0.4, -0.2) is 22.9 Å². The quantitative estimate of drug-likeness (QED) is 0.788. The minimum absolute atomic E-state index is 0.115. The molecule has 2 rings (SSSR count). The van der Waals surface area contributed by atoms with Crippen molar-refractivity contribution >= 4 is 17.7 Å². The zero-order valence-corrected chi connectivity index (χ0v) is 10.4. The van der Waals surface area contributed by atoms with E-state index in [0.717, 1.165) is 18.5 Å². The van der Waals surface area contributed by atoms with Crippen LogP contribution >= 0.6 is 11.8 Å². The number of rotatable bonds is 3. The second-order valence-corrected chi connectivity index (χ2v) is 5.25. The molecule has 1 amide bonds. The average Bonchev–Trinajstić information content (AvgIpc) is 2.65. The lowest BCUT2D eigenvalue weighted by atomic mass is 10.2. The fourth-order valence-corrected chi connectivity index (χ4v) is 2.43. The normalized spacial score (nSPS) is 16.4. The van der Waals surface area contributed by atoms with E-state index in [2.05, 4.69) is 0 Å². The molecule has 0 unspecified atom stereocenters. The first-order valence-electron chi connectivity index (χ1n) is 5.56. The standard InChI is InChI=1S/C12H12F3NOS/c13-12(14,15)18-10-5-3-9(4-6-10)8-16-7-1-2-11(16)17/h3-6H,1-2,7-8H2. The second-order valence-electron chi connectivity index (χ2n) is 4.11. The van der Waals surface area contributed by atoms with Crippen LogP contribution in [0.3, 0.4) is 0 Å². The van der Waals surface area contributed by atoms with Crippen LogP contribution in [0.15, 0.2) is 29.2 Å². The number of carbonyl (C=O) groups excluding carboxylic acids is 1. The van der Waals surface area contributed by atoms with Crippen LogP contribution in [0, 0.1) is 0 Å². The molecule has 1 aliphatic heterocycles. The Labute approximate surface area is 107 Å². The molecule has 6 heteroatoms. The summed E-state index contributed by atoms with van der Waals surface area (Å²) in [6, 6.07) is 6.15. The number of hydrogen-bond acceptors (Lipinski definition) is 2. The number of alkyl halides is 3. The highest BCUT2D eigenvalue weighted by molar-refractivity contribution is 8.00. The van der Waals surface area contributed by atoms with Gasteiger partial charge in [0.25, 0.3) is 0 Å². The molecule has 0 aromatic heterocycles. The van der Waals surface area contributed by atoms with Gasteiger partial charge < -0.3 is 4.90 Å². The lowest BCUT2D eigenvalue weighted by molar-refractivity contribution is -0.128. The summed E-state index contributed by atoms with van der Waals surface area (Å²) >= 11 is -0.128. The number of hydrogen-bond donors (Lipinski definition) is 0. The molecule has 1 saturated heterocycles. The van der Waals surface area contributed by atoms with Crippen molar-refractivity contribution in [2.75, 3.05) is 6.54 Å². The zero-order chi connectivity index (χ0) is 13.2. The number of nitrogens with zero attached hydrogens (tertiary/aromatic N) is 1. The van der Waals surface area contributed by atoms with Gasteiger partial charge in [-0.15, -0.1) is 0 Å². The van der Waals surface area contributed by atoms with E-state index in [4.69, 9.17) is 0 Å². The Morgan fingerprint density at radius 2 is 1.89 bits per heavy atom. The minimum Gasteiger partial charge on any atom is -0.338 e. The SMILES string of the molecule is O=C1CCCN1Cc1ccc(SC(F)(F)F)cc1. The molecule has 1 fully saturated rings. The van der Waals surface area contributed by atoms with Crippen molar-refractivity contribution in [3.63, 3.8) is 0 Å². The van der Waals surface area contributed by atoms with Crippen molar-refractivity contribution in [2.45, 2.75) is 29.8 Å². The van der Waals surface area contributed by atoms with E-state index in [1.165, 1.54) is 12.1 Å². The van der Waals surface area contributed by atoms with Crippen LogP contribution in [0.2, 0.25) is 0 Å². The van der Waals surface area contributed by atoms with E-state index < -0.39 is 5.51 Å². The predicted molar refractivity (Wildman–Crippen MR) is 63.0 cm³/mol. The maximum atomic E-state index is 12.1. The minimum atomic E-state index is -4.26. The number of halogens is 3. The monoisotopic (exact) mass is 275 g/mol. The molecule has 2 nitrogen and oxygen atoms in total. The molecule has 0 atom stereocenters. The molecule has 0 spiro atoms. The highest BCUT2D eigenvalue weighted by Crippen LogP contribution is 2.36. The lowest BCUT2D eigenvalue weighted by Gasteiger charge is -2.15. The number of benzene rings is 1. The smallest absolute Gasteiger partial charge is 0.338 e. The summed E-state index contributed by atoms with van der Waals surface area (Å²) in [6.07, 6.45) is 1.43. The van der Waals surface area contributed by atoms with Crippen molar-refractivity contribution < 1.29 is 18.0 Å². The molecule has 0 aliphatic carbocycles. The third kappa shape index (κ3) is 3.66. The van der Waals surface area contributed by atoms with E-state index in [1.54, 1.807) is 17.0 Å². The highest BCUT2D eigenvalue weighted by atomic mass is 32.2. The van der Waals surface area contributed by atoms with Gasteiger partial charge in [-0.2, -0.15) is 13.2 Å². The molecule has 1 aliphatic rings. The van der Waals surface area contributed by atoms with Crippen molar-refractivity contribution in [3.8, 4) is 0 Å². The molecular weight excluding hydrogens is 263 g/mol. The predicted octanol–water partition coefficient (Wildman–Crippen LogP) is 3.42. The third-order valence-electron chi connectivity index (χ3n) is 2.70. The summed E-state index contributed by atoms with van der Waals surface area (Å²) in [5, 5.41) is 0. The molecule has 0 bridgehead atoms. The molecule has 18 heavy (non-hydrogen) atoms. The fraction of sp³-hybridized carbons (Fsp3) is 0.417. The largest absolute Gasteiger partial charge is 0.446 e. The Morgan fingerprint density at radius 1 is 1.22 bits per heavy atom. The van der Waals surface area contributed by atoms with Crippen molar-refractivity contribution in [3.05, 3.63) is 29.8 Å². The highest BCUT2D eigenvalue weighted by Gasteiger charge is 2.29. The Bertz CT molecular complexity index is 430. The molecular formula is C12H12F3NOS. The van der Waals surface area contributed by atoms with Gasteiger partial charge in [-0.1, -0.05) is 12.1 Å². The first kappa shape index (κ1) is 13.3. The Hall–Kier alpha value is -1.17. The second kappa shape index (κ2) is 5.22. The maximum absolute atomic E-state index is 12.1. The van der Waals surface area contributed by atoms with E-state index in [9.17, 15) is 18.0 Å². The molecule has 1 aromatic rings. The van der Waals surface area contributed by atoms with Crippen LogP contribution in [0.5, 0.6) is 0 Å². The van der Waals surface area contributed by atoms with Gasteiger partial charge in [0.2, 0.25) is 5.91 Å². The van der Waals surface area contributed by atoms with Crippen LogP contribution in [0.25, 0.3) is 0 Å². The van der Waals surface area contributed by atoms with Crippen molar-refractivity contribution in [1.29, 1.82) is 0 Å². The number of carbonyl (C=O) groups is 1. The maximum Gasteiger partial charge on any atom is 0.446 e. The summed E-state index contributed by atoms with van der Waals surface area (Å²) < 4.78 is 36.4. The van der Waals surface area contributed by atoms with Crippen LogP contribution < -0.4 is 0 Å². The summed E-state index contributed by atoms with van der Waals surface area (Å²) in [4.78, 5) is 13.3. The molecule has 1 heterocycles. The third-order valence-corrected chi connectivity index (χ3v) is 3.44. The topological polar surface area (TPSA) is 20.3 Å². The number of thioether (sulfide) groups is 1. The molecule has 0 saturated carbocycles. The Morgan fingerprint density at radius 3 is 2.39 bits per heavy atom. The van der Waals surface area contributed by atoms with Gasteiger partial charge in [0, 0.05) is 24.4 Å². The van der Waals surface area contributed by atoms with Gasteiger partial charge in [-0.3, -0.25) is 4.79 Å². The molecule has 98 valence electrons. The number of likely N-dealkylation sites (tertiary alicyclic amines) is 1. The Kier molecular flexibility index (Phi) is 3.85. The zero-order valence-electron chi connectivity index (χ0n) is 9.54. The summed E-state index contributed by atoms with van der Waals surface area (Å²) in [7, 11) is 0. The molecule has 1 aromatic carbocycles. The lowest BCUT2D eigenvalue weighted by Crippen LogP contribution is -2.23. The van der Waals surface area contributed by atoms with Crippen LogP contribution in [-0.2, 0) is 11.3 Å². The summed E-state index contributed by atoms with van der Waals surface area (Å²) in [5.41, 5.74) is -3.40. The number of amides is 1. The van der Waals surface area contributed by atoms with Crippen molar-refractivity contribution in [1.82, 2.24) is 4.90 Å². The summed E-state index contributed by atoms with van der Waals surface area (Å²) in [5.74, 6) is 0.115. The van der Waals surface area contributed by atoms with Crippen molar-refractivity contribution in [2.24, 2.45) is 0 Å². The van der Waals surface area contributed by atoms with Gasteiger partial charge in [-0.25, -0.2) is 0 Å².